The summed E-state index contributed by atoms with van der Waals surface area (Å²) in [6.07, 6.45) is 5.29. The fourth-order valence-corrected chi connectivity index (χ4v) is 2.69. The van der Waals surface area contributed by atoms with E-state index in [1.165, 1.54) is 38.8 Å². The van der Waals surface area contributed by atoms with Crippen molar-refractivity contribution >= 4 is 0 Å². The molecule has 0 spiro atoms. The highest BCUT2D eigenvalue weighted by Crippen LogP contribution is 2.30. The van der Waals surface area contributed by atoms with Crippen LogP contribution in [-0.2, 0) is 0 Å². The van der Waals surface area contributed by atoms with Gasteiger partial charge in [0.1, 0.15) is 0 Å². The maximum absolute atomic E-state index is 3.70. The average Bonchev–Trinajstić information content (AvgIpc) is 2.21. The Balaban J connectivity index is 2.45. The van der Waals surface area contributed by atoms with Crippen molar-refractivity contribution in [2.45, 2.75) is 65.5 Å². The molecular formula is C14H30N2. The van der Waals surface area contributed by atoms with Gasteiger partial charge in [-0.3, -0.25) is 0 Å². The largest absolute Gasteiger partial charge is 0.312 e. The minimum Gasteiger partial charge on any atom is -0.312 e. The summed E-state index contributed by atoms with van der Waals surface area (Å²) < 4.78 is 0. The van der Waals surface area contributed by atoms with Crippen LogP contribution in [0.3, 0.4) is 0 Å². The van der Waals surface area contributed by atoms with Crippen molar-refractivity contribution in [1.29, 1.82) is 0 Å². The Morgan fingerprint density at radius 2 is 2.12 bits per heavy atom. The first-order valence-corrected chi connectivity index (χ1v) is 6.91. The molecule has 2 unspecified atom stereocenters. The molecule has 0 aromatic heterocycles. The van der Waals surface area contributed by atoms with E-state index < -0.39 is 0 Å². The van der Waals surface area contributed by atoms with Crippen LogP contribution < -0.4 is 5.32 Å². The summed E-state index contributed by atoms with van der Waals surface area (Å²) in [5, 5.41) is 3.70. The van der Waals surface area contributed by atoms with Crippen molar-refractivity contribution < 1.29 is 0 Å². The van der Waals surface area contributed by atoms with Crippen LogP contribution in [0.2, 0.25) is 0 Å². The second-order valence-electron chi connectivity index (χ2n) is 6.18. The molecule has 0 bridgehead atoms. The number of nitrogens with one attached hydrogen (secondary N) is 1. The number of rotatable bonds is 5. The zero-order chi connectivity index (χ0) is 12.2. The third-order valence-electron chi connectivity index (χ3n) is 4.26. The Hall–Kier alpha value is -0.0800. The van der Waals surface area contributed by atoms with Gasteiger partial charge in [0.2, 0.25) is 0 Å². The molecule has 0 amide bonds. The molecule has 1 saturated heterocycles. The van der Waals surface area contributed by atoms with Gasteiger partial charge in [0.25, 0.3) is 0 Å². The quantitative estimate of drug-likeness (QED) is 0.775. The van der Waals surface area contributed by atoms with Crippen LogP contribution in [0.5, 0.6) is 0 Å². The maximum Gasteiger partial charge on any atom is 0.0246 e. The van der Waals surface area contributed by atoms with Crippen molar-refractivity contribution in [2.24, 2.45) is 5.41 Å². The summed E-state index contributed by atoms with van der Waals surface area (Å²) in [6.45, 7) is 11.8. The van der Waals surface area contributed by atoms with Gasteiger partial charge in [0.15, 0.2) is 0 Å². The Morgan fingerprint density at radius 1 is 1.44 bits per heavy atom. The van der Waals surface area contributed by atoms with Crippen molar-refractivity contribution in [2.75, 3.05) is 20.1 Å². The van der Waals surface area contributed by atoms with E-state index >= 15 is 0 Å². The number of nitrogens with zero attached hydrogens (tertiary/aromatic N) is 1. The first-order chi connectivity index (χ1) is 7.47. The van der Waals surface area contributed by atoms with Crippen molar-refractivity contribution in [3.63, 3.8) is 0 Å². The zero-order valence-corrected chi connectivity index (χ0v) is 11.8. The molecule has 2 heteroatoms. The predicted molar refractivity (Wildman–Crippen MR) is 71.8 cm³/mol. The second kappa shape index (κ2) is 6.02. The monoisotopic (exact) mass is 226 g/mol. The molecule has 0 aliphatic carbocycles. The summed E-state index contributed by atoms with van der Waals surface area (Å²) in [4.78, 5) is 2.52. The Bertz CT molecular complexity index is 201. The molecule has 0 radical (unpaired) electrons. The topological polar surface area (TPSA) is 15.3 Å². The van der Waals surface area contributed by atoms with Gasteiger partial charge in [-0.1, -0.05) is 27.2 Å². The van der Waals surface area contributed by atoms with Crippen LogP contribution in [0.1, 0.15) is 53.4 Å². The summed E-state index contributed by atoms with van der Waals surface area (Å²) in [5.74, 6) is 0. The van der Waals surface area contributed by atoms with E-state index in [1.54, 1.807) is 0 Å². The van der Waals surface area contributed by atoms with E-state index in [0.717, 1.165) is 0 Å². The highest BCUT2D eigenvalue weighted by Gasteiger charge is 2.32. The van der Waals surface area contributed by atoms with Gasteiger partial charge in [-0.2, -0.15) is 0 Å². The summed E-state index contributed by atoms with van der Waals surface area (Å²) in [7, 11) is 2.27. The van der Waals surface area contributed by atoms with Crippen LogP contribution >= 0.6 is 0 Å². The standard InChI is InChI=1S/C14H30N2/c1-6-8-12(2)16(5)11-13-14(3,4)9-7-10-15-13/h12-13,15H,6-11H2,1-5H3. The molecule has 1 N–H and O–H groups in total. The van der Waals surface area contributed by atoms with E-state index in [0.29, 0.717) is 17.5 Å². The van der Waals surface area contributed by atoms with Gasteiger partial charge in [-0.05, 0) is 45.2 Å². The first kappa shape index (κ1) is 14.0. The lowest BCUT2D eigenvalue weighted by molar-refractivity contribution is 0.119. The molecule has 0 aromatic rings. The van der Waals surface area contributed by atoms with Crippen LogP contribution in [0.15, 0.2) is 0 Å². The third-order valence-corrected chi connectivity index (χ3v) is 4.26. The minimum absolute atomic E-state index is 0.457. The Kier molecular flexibility index (Phi) is 5.26. The van der Waals surface area contributed by atoms with Gasteiger partial charge in [-0.15, -0.1) is 0 Å². The molecule has 96 valence electrons. The van der Waals surface area contributed by atoms with Crippen molar-refractivity contribution in [3.8, 4) is 0 Å². The van der Waals surface area contributed by atoms with Crippen LogP contribution in [0, 0.1) is 5.41 Å². The number of likely N-dealkylation sites (N-methyl/N-ethyl adjacent to an activating group) is 1. The Morgan fingerprint density at radius 3 is 2.69 bits per heavy atom. The maximum atomic E-state index is 3.70. The van der Waals surface area contributed by atoms with Crippen molar-refractivity contribution in [1.82, 2.24) is 10.2 Å². The van der Waals surface area contributed by atoms with Gasteiger partial charge < -0.3 is 10.2 Å². The molecule has 1 aliphatic heterocycles. The molecule has 1 fully saturated rings. The predicted octanol–water partition coefficient (Wildman–Crippen LogP) is 2.89. The lowest BCUT2D eigenvalue weighted by Crippen LogP contribution is -2.53. The molecule has 1 rings (SSSR count). The van der Waals surface area contributed by atoms with Gasteiger partial charge in [0.05, 0.1) is 0 Å². The van der Waals surface area contributed by atoms with Gasteiger partial charge >= 0.3 is 0 Å². The van der Waals surface area contributed by atoms with E-state index in [4.69, 9.17) is 0 Å². The third kappa shape index (κ3) is 3.74. The SMILES string of the molecule is CCCC(C)N(C)CC1NCCCC1(C)C. The fraction of sp³-hybridized carbons (Fsp3) is 1.00. The molecule has 2 atom stereocenters. The first-order valence-electron chi connectivity index (χ1n) is 6.91. The van der Waals surface area contributed by atoms with E-state index in [-0.39, 0.29) is 0 Å². The van der Waals surface area contributed by atoms with Gasteiger partial charge in [-0.25, -0.2) is 0 Å². The van der Waals surface area contributed by atoms with Crippen LogP contribution in [-0.4, -0.2) is 37.1 Å². The molecule has 16 heavy (non-hydrogen) atoms. The lowest BCUT2D eigenvalue weighted by Gasteiger charge is -2.42. The van der Waals surface area contributed by atoms with E-state index in [9.17, 15) is 0 Å². The molecule has 1 heterocycles. The normalized spacial score (nSPS) is 27.0. The summed E-state index contributed by atoms with van der Waals surface area (Å²) in [6, 6.07) is 1.37. The zero-order valence-electron chi connectivity index (χ0n) is 11.8. The molecule has 0 saturated carbocycles. The second-order valence-corrected chi connectivity index (χ2v) is 6.18. The smallest absolute Gasteiger partial charge is 0.0246 e. The lowest BCUT2D eigenvalue weighted by atomic mass is 9.77. The molecular weight excluding hydrogens is 196 g/mol. The average molecular weight is 226 g/mol. The number of hydrogen-bond donors (Lipinski definition) is 1. The minimum atomic E-state index is 0.457. The highest BCUT2D eigenvalue weighted by molar-refractivity contribution is 4.90. The number of piperidine rings is 1. The van der Waals surface area contributed by atoms with Crippen LogP contribution in [0.4, 0.5) is 0 Å². The Labute approximate surface area is 102 Å². The summed E-state index contributed by atoms with van der Waals surface area (Å²) >= 11 is 0. The van der Waals surface area contributed by atoms with E-state index in [1.807, 2.05) is 0 Å². The number of hydrogen-bond acceptors (Lipinski definition) is 2. The highest BCUT2D eigenvalue weighted by atomic mass is 15.2. The summed E-state index contributed by atoms with van der Waals surface area (Å²) in [5.41, 5.74) is 0.457. The van der Waals surface area contributed by atoms with Crippen LogP contribution in [0.25, 0.3) is 0 Å². The molecule has 0 aromatic carbocycles. The fourth-order valence-electron chi connectivity index (χ4n) is 2.69. The molecule has 1 aliphatic rings. The van der Waals surface area contributed by atoms with Crippen molar-refractivity contribution in [3.05, 3.63) is 0 Å². The van der Waals surface area contributed by atoms with E-state index in [2.05, 4.69) is 45.0 Å². The van der Waals surface area contributed by atoms with Gasteiger partial charge in [0, 0.05) is 18.6 Å². The molecule has 2 nitrogen and oxygen atoms in total.